The number of carbonyl (C=O) groups excluding carboxylic acids is 1. The molecule has 1 aromatic rings. The summed E-state index contributed by atoms with van der Waals surface area (Å²) in [6, 6.07) is 7.48. The molecule has 78 valence electrons. The van der Waals surface area contributed by atoms with Gasteiger partial charge in [0.25, 0.3) is 6.54 Å². The molecule has 0 unspecified atom stereocenters. The Balaban J connectivity index is 2.74. The van der Waals surface area contributed by atoms with E-state index in [2.05, 4.69) is 10.2 Å². The van der Waals surface area contributed by atoms with E-state index in [1.165, 1.54) is 0 Å². The molecule has 15 heavy (non-hydrogen) atoms. The molecule has 0 fully saturated rings. The summed E-state index contributed by atoms with van der Waals surface area (Å²) in [6.07, 6.45) is 0. The van der Waals surface area contributed by atoms with Crippen LogP contribution in [0.4, 0.5) is 11.4 Å². The predicted molar refractivity (Wildman–Crippen MR) is 60.9 cm³/mol. The zero-order chi connectivity index (χ0) is 11.3. The maximum absolute atomic E-state index is 11.2. The van der Waals surface area contributed by atoms with E-state index in [0.29, 0.717) is 0 Å². The Bertz CT molecular complexity index is 393. The van der Waals surface area contributed by atoms with Gasteiger partial charge in [-0.3, -0.25) is 4.79 Å². The van der Waals surface area contributed by atoms with Gasteiger partial charge in [0.05, 0.1) is 0 Å². The number of nitrogens with zero attached hydrogens (tertiary/aromatic N) is 2. The number of hydrogen-bond acceptors (Lipinski definition) is 2. The third-order valence-electron chi connectivity index (χ3n) is 1.87. The topological polar surface area (TPSA) is 36.7 Å². The molecule has 1 amide bonds. The van der Waals surface area contributed by atoms with Crippen molar-refractivity contribution in [1.29, 1.82) is 0 Å². The maximum atomic E-state index is 11.2. The Morgan fingerprint density at radius 1 is 1.53 bits per heavy atom. The Morgan fingerprint density at radius 3 is 2.87 bits per heavy atom. The van der Waals surface area contributed by atoms with Gasteiger partial charge in [-0.25, -0.2) is 6.57 Å². The highest BCUT2D eigenvalue weighted by Crippen LogP contribution is 2.16. The fraction of sp³-hybridized carbons (Fsp3) is 0.273. The molecule has 0 aromatic heterocycles. The molecule has 4 nitrogen and oxygen atoms in total. The van der Waals surface area contributed by atoms with Crippen molar-refractivity contribution in [3.8, 4) is 0 Å². The highest BCUT2D eigenvalue weighted by Gasteiger charge is 2.04. The predicted octanol–water partition coefficient (Wildman–Crippen LogP) is 1.61. The van der Waals surface area contributed by atoms with E-state index < -0.39 is 0 Å². The van der Waals surface area contributed by atoms with Crippen molar-refractivity contribution in [3.63, 3.8) is 0 Å². The first-order chi connectivity index (χ1) is 7.13. The van der Waals surface area contributed by atoms with Gasteiger partial charge in [0.1, 0.15) is 0 Å². The number of nitrogens with one attached hydrogen (secondary N) is 1. The first-order valence-electron chi connectivity index (χ1n) is 4.54. The number of rotatable bonds is 3. The van der Waals surface area contributed by atoms with E-state index in [1.807, 2.05) is 37.2 Å². The van der Waals surface area contributed by atoms with Crippen molar-refractivity contribution in [2.45, 2.75) is 0 Å². The monoisotopic (exact) mass is 203 g/mol. The van der Waals surface area contributed by atoms with Gasteiger partial charge in [-0.1, -0.05) is 6.07 Å². The third kappa shape index (κ3) is 3.31. The molecular formula is C11H13N3O. The van der Waals surface area contributed by atoms with Gasteiger partial charge in [-0.15, -0.1) is 0 Å². The summed E-state index contributed by atoms with van der Waals surface area (Å²) in [5, 5.41) is 2.66. The van der Waals surface area contributed by atoms with Crippen LogP contribution in [0.5, 0.6) is 0 Å². The van der Waals surface area contributed by atoms with Crippen molar-refractivity contribution >= 4 is 17.3 Å². The van der Waals surface area contributed by atoms with Crippen LogP contribution in [0.25, 0.3) is 4.85 Å². The van der Waals surface area contributed by atoms with E-state index in [4.69, 9.17) is 6.57 Å². The third-order valence-corrected chi connectivity index (χ3v) is 1.87. The van der Waals surface area contributed by atoms with E-state index in [9.17, 15) is 4.79 Å². The Morgan fingerprint density at radius 2 is 2.27 bits per heavy atom. The highest BCUT2D eigenvalue weighted by atomic mass is 16.1. The molecule has 1 rings (SSSR count). The van der Waals surface area contributed by atoms with Crippen molar-refractivity contribution < 1.29 is 4.79 Å². The summed E-state index contributed by atoms with van der Waals surface area (Å²) < 4.78 is 0. The molecule has 0 atom stereocenters. The molecule has 0 saturated carbocycles. The summed E-state index contributed by atoms with van der Waals surface area (Å²) >= 11 is 0. The zero-order valence-corrected chi connectivity index (χ0v) is 8.82. The lowest BCUT2D eigenvalue weighted by Crippen LogP contribution is -2.14. The number of hydrogen-bond donors (Lipinski definition) is 1. The Labute approximate surface area is 89.3 Å². The van der Waals surface area contributed by atoms with Gasteiger partial charge < -0.3 is 15.1 Å². The SMILES string of the molecule is [C-]#[N+]CC(=O)Nc1cccc(N(C)C)c1. The number of amides is 1. The second-order valence-electron chi connectivity index (χ2n) is 3.31. The molecule has 0 aliphatic rings. The number of benzene rings is 1. The smallest absolute Gasteiger partial charge is 0.304 e. The molecule has 0 saturated heterocycles. The van der Waals surface area contributed by atoms with Gasteiger partial charge in [0.15, 0.2) is 0 Å². The van der Waals surface area contributed by atoms with Gasteiger partial charge >= 0.3 is 5.91 Å². The molecule has 0 bridgehead atoms. The minimum absolute atomic E-state index is 0.133. The van der Waals surface area contributed by atoms with Crippen molar-refractivity contribution in [2.75, 3.05) is 30.9 Å². The maximum Gasteiger partial charge on any atom is 0.304 e. The summed E-state index contributed by atoms with van der Waals surface area (Å²) in [6.45, 7) is 6.43. The summed E-state index contributed by atoms with van der Waals surface area (Å²) in [7, 11) is 3.86. The number of anilines is 2. The lowest BCUT2D eigenvalue weighted by Gasteiger charge is -2.13. The molecule has 0 heterocycles. The highest BCUT2D eigenvalue weighted by molar-refractivity contribution is 5.93. The Kier molecular flexibility index (Phi) is 3.69. The fourth-order valence-corrected chi connectivity index (χ4v) is 1.13. The lowest BCUT2D eigenvalue weighted by molar-refractivity contribution is -0.114. The van der Waals surface area contributed by atoms with Crippen LogP contribution >= 0.6 is 0 Å². The minimum atomic E-state index is -0.277. The fourth-order valence-electron chi connectivity index (χ4n) is 1.13. The Hall–Kier alpha value is -2.02. The second-order valence-corrected chi connectivity index (χ2v) is 3.31. The molecule has 0 aliphatic carbocycles. The first kappa shape index (κ1) is 11.1. The summed E-state index contributed by atoms with van der Waals surface area (Å²) in [5.74, 6) is -0.277. The molecule has 0 aliphatic heterocycles. The zero-order valence-electron chi connectivity index (χ0n) is 8.82. The second kappa shape index (κ2) is 5.01. The van der Waals surface area contributed by atoms with Crippen LogP contribution in [-0.2, 0) is 4.79 Å². The van der Waals surface area contributed by atoms with Crippen LogP contribution in [-0.4, -0.2) is 26.5 Å². The van der Waals surface area contributed by atoms with Crippen LogP contribution < -0.4 is 10.2 Å². The van der Waals surface area contributed by atoms with E-state index >= 15 is 0 Å². The summed E-state index contributed by atoms with van der Waals surface area (Å²) in [5.41, 5.74) is 1.73. The normalized spacial score (nSPS) is 9.13. The molecule has 1 aromatic carbocycles. The largest absolute Gasteiger partial charge is 0.378 e. The minimum Gasteiger partial charge on any atom is -0.378 e. The first-order valence-corrected chi connectivity index (χ1v) is 4.54. The van der Waals surface area contributed by atoms with Gasteiger partial charge in [0, 0.05) is 25.5 Å². The van der Waals surface area contributed by atoms with Crippen LogP contribution in [0.1, 0.15) is 0 Å². The summed E-state index contributed by atoms with van der Waals surface area (Å²) in [4.78, 5) is 16.1. The average Bonchev–Trinajstić information content (AvgIpc) is 2.18. The average molecular weight is 203 g/mol. The van der Waals surface area contributed by atoms with E-state index in [-0.39, 0.29) is 12.5 Å². The van der Waals surface area contributed by atoms with Crippen molar-refractivity contribution in [3.05, 3.63) is 35.7 Å². The van der Waals surface area contributed by atoms with Crippen LogP contribution in [0.2, 0.25) is 0 Å². The van der Waals surface area contributed by atoms with Gasteiger partial charge in [-0.2, -0.15) is 0 Å². The standard InChI is InChI=1S/C11H13N3O/c1-12-8-11(15)13-9-5-4-6-10(7-9)14(2)3/h4-7H,8H2,2-3H3,(H,13,15). The van der Waals surface area contributed by atoms with Gasteiger partial charge in [-0.05, 0) is 18.2 Å². The molecule has 4 heteroatoms. The van der Waals surface area contributed by atoms with Crippen LogP contribution in [0.3, 0.4) is 0 Å². The van der Waals surface area contributed by atoms with E-state index in [0.717, 1.165) is 11.4 Å². The molecule has 0 radical (unpaired) electrons. The molecule has 0 spiro atoms. The van der Waals surface area contributed by atoms with Crippen LogP contribution in [0.15, 0.2) is 24.3 Å². The van der Waals surface area contributed by atoms with Crippen molar-refractivity contribution in [1.82, 2.24) is 0 Å². The quantitative estimate of drug-likeness (QED) is 0.758. The van der Waals surface area contributed by atoms with Gasteiger partial charge in [0.2, 0.25) is 0 Å². The van der Waals surface area contributed by atoms with Crippen molar-refractivity contribution in [2.24, 2.45) is 0 Å². The number of carbonyl (C=O) groups is 1. The van der Waals surface area contributed by atoms with Crippen LogP contribution in [0, 0.1) is 6.57 Å². The lowest BCUT2D eigenvalue weighted by atomic mass is 10.2. The molecular weight excluding hydrogens is 190 g/mol. The van der Waals surface area contributed by atoms with E-state index in [1.54, 1.807) is 6.07 Å². The molecule has 1 N–H and O–H groups in total.